The van der Waals surface area contributed by atoms with Gasteiger partial charge in [0.05, 0.1) is 33.0 Å². The summed E-state index contributed by atoms with van der Waals surface area (Å²) in [4.78, 5) is 0. The van der Waals surface area contributed by atoms with Gasteiger partial charge in [-0.25, -0.2) is 0 Å². The number of ether oxygens (including phenoxy) is 8. The normalized spacial score (nSPS) is 50.3. The van der Waals surface area contributed by atoms with Gasteiger partial charge in [-0.3, -0.25) is 0 Å². The van der Waals surface area contributed by atoms with Crippen LogP contribution < -0.4 is 0 Å². The third-order valence-electron chi connectivity index (χ3n) is 8.53. The van der Waals surface area contributed by atoms with Gasteiger partial charge < -0.3 is 104 Å². The first kappa shape index (κ1) is 39.7. The summed E-state index contributed by atoms with van der Waals surface area (Å²) in [5, 5.41) is 133. The first-order valence-corrected chi connectivity index (χ1v) is 15.2. The van der Waals surface area contributed by atoms with Crippen molar-refractivity contribution in [2.75, 3.05) is 33.0 Å². The Hall–Kier alpha value is -1.10. The molecule has 21 heteroatoms. The molecular formula is C27H46O21. The molecule has 4 rings (SSSR count). The molecule has 0 aromatic heterocycles. The maximum absolute atomic E-state index is 10.8. The molecule has 4 aliphatic heterocycles. The molecule has 0 bridgehead atoms. The van der Waals surface area contributed by atoms with Gasteiger partial charge in [-0.15, -0.1) is 6.58 Å². The van der Waals surface area contributed by atoms with E-state index in [2.05, 4.69) is 6.58 Å². The minimum absolute atomic E-state index is 0.0670. The van der Waals surface area contributed by atoms with Crippen LogP contribution in [0.1, 0.15) is 0 Å². The number of hydrogen-bond donors (Lipinski definition) is 13. The molecule has 0 radical (unpaired) electrons. The molecule has 4 heterocycles. The predicted molar refractivity (Wildman–Crippen MR) is 148 cm³/mol. The van der Waals surface area contributed by atoms with Crippen LogP contribution >= 0.6 is 0 Å². The highest BCUT2D eigenvalue weighted by atomic mass is 16.8. The molecular weight excluding hydrogens is 660 g/mol. The van der Waals surface area contributed by atoms with Crippen molar-refractivity contribution in [1.82, 2.24) is 0 Å². The summed E-state index contributed by atoms with van der Waals surface area (Å²) < 4.78 is 43.8. The van der Waals surface area contributed by atoms with Crippen molar-refractivity contribution in [2.45, 2.75) is 123 Å². The first-order valence-electron chi connectivity index (χ1n) is 15.2. The zero-order valence-corrected chi connectivity index (χ0v) is 25.4. The van der Waals surface area contributed by atoms with Crippen molar-refractivity contribution in [3.05, 3.63) is 12.7 Å². The van der Waals surface area contributed by atoms with Gasteiger partial charge in [0.25, 0.3) is 0 Å². The second-order valence-corrected chi connectivity index (χ2v) is 11.8. The number of hydrogen-bond acceptors (Lipinski definition) is 21. The van der Waals surface area contributed by atoms with E-state index in [1.807, 2.05) is 0 Å². The van der Waals surface area contributed by atoms with Gasteiger partial charge in [0.2, 0.25) is 0 Å². The maximum Gasteiger partial charge on any atom is 0.187 e. The Morgan fingerprint density at radius 2 is 0.812 bits per heavy atom. The zero-order chi connectivity index (χ0) is 35.4. The summed E-state index contributed by atoms with van der Waals surface area (Å²) in [6, 6.07) is 0. The fraction of sp³-hybridized carbons (Fsp3) is 0.926. The fourth-order valence-corrected chi connectivity index (χ4v) is 5.60. The third kappa shape index (κ3) is 8.50. The minimum atomic E-state index is -1.92. The van der Waals surface area contributed by atoms with E-state index in [4.69, 9.17) is 37.9 Å². The van der Waals surface area contributed by atoms with Crippen LogP contribution in [0, 0.1) is 0 Å². The van der Waals surface area contributed by atoms with Crippen molar-refractivity contribution in [3.63, 3.8) is 0 Å². The fourth-order valence-electron chi connectivity index (χ4n) is 5.60. The minimum Gasteiger partial charge on any atom is -0.394 e. The van der Waals surface area contributed by atoms with E-state index in [9.17, 15) is 66.4 Å². The van der Waals surface area contributed by atoms with Crippen molar-refractivity contribution < 1.29 is 104 Å². The standard InChI is InChI=1S/C27H46O21/c1-2-3-41-24-20(38)17(35)14(32)10(46-24)6-42-25-21(39)18(36)15(33)11(47-25)7-43-27-23(19(37)13(31)9(5-29)45-27)48-26-22(40)16(34)12(30)8(4-28)44-26/h2,8-40H,1,3-7H2/t8-,9-,10-,11-,12-,13-,14-,15-,16+,17+,18+,19+,20+,21+,22+,23+,24+,25+,26-,27+/m1/s1. The molecule has 0 aliphatic carbocycles. The Kier molecular flexibility index (Phi) is 14.4. The third-order valence-corrected chi connectivity index (χ3v) is 8.53. The molecule has 0 saturated carbocycles. The van der Waals surface area contributed by atoms with Crippen molar-refractivity contribution in [3.8, 4) is 0 Å². The van der Waals surface area contributed by atoms with Crippen LogP contribution in [0.4, 0.5) is 0 Å². The highest BCUT2D eigenvalue weighted by Gasteiger charge is 2.52. The topological polar surface area (TPSA) is 337 Å². The lowest BCUT2D eigenvalue weighted by Crippen LogP contribution is -2.65. The number of rotatable bonds is 13. The molecule has 48 heavy (non-hydrogen) atoms. The summed E-state index contributed by atoms with van der Waals surface area (Å²) >= 11 is 0. The van der Waals surface area contributed by atoms with Crippen LogP contribution in [-0.4, -0.2) is 222 Å². The van der Waals surface area contributed by atoms with Crippen LogP contribution in [0.3, 0.4) is 0 Å². The van der Waals surface area contributed by atoms with Gasteiger partial charge in [-0.2, -0.15) is 0 Å². The second kappa shape index (κ2) is 17.4. The van der Waals surface area contributed by atoms with Gasteiger partial charge in [0, 0.05) is 0 Å². The SMILES string of the molecule is C=CCO[C@H]1O[C@H](CO[C@H]2O[C@H](CO[C@H]3O[C@H](CO)[C@@H](O)[C@H](O)[C@@H]3O[C@H]3O[C@H](CO)[C@@H](O)[C@H](O)[C@@H]3O)[C@@H](O)[C@H](O)[C@@H]2O)[C@@H](O)[C@H](O)[C@@H]1O. The van der Waals surface area contributed by atoms with E-state index in [1.54, 1.807) is 0 Å². The van der Waals surface area contributed by atoms with E-state index < -0.39 is 149 Å². The molecule has 13 N–H and O–H groups in total. The molecule has 4 fully saturated rings. The monoisotopic (exact) mass is 706 g/mol. The van der Waals surface area contributed by atoms with Crippen LogP contribution in [0.25, 0.3) is 0 Å². The average molecular weight is 707 g/mol. The Bertz CT molecular complexity index is 993. The Labute approximate surface area is 273 Å². The molecule has 0 aromatic carbocycles. The number of aliphatic hydroxyl groups is 13. The van der Waals surface area contributed by atoms with E-state index in [0.717, 1.165) is 0 Å². The molecule has 4 aliphatic rings. The van der Waals surface area contributed by atoms with Gasteiger partial charge in [-0.1, -0.05) is 6.08 Å². The highest BCUT2D eigenvalue weighted by Crippen LogP contribution is 2.31. The quantitative estimate of drug-likeness (QED) is 0.0791. The lowest BCUT2D eigenvalue weighted by Gasteiger charge is -2.46. The smallest absolute Gasteiger partial charge is 0.187 e. The van der Waals surface area contributed by atoms with E-state index in [-0.39, 0.29) is 6.61 Å². The molecule has 0 spiro atoms. The summed E-state index contributed by atoms with van der Waals surface area (Å²) in [6.07, 6.45) is -32.4. The summed E-state index contributed by atoms with van der Waals surface area (Å²) in [6.45, 7) is 0.510. The van der Waals surface area contributed by atoms with Gasteiger partial charge >= 0.3 is 0 Å². The lowest BCUT2D eigenvalue weighted by molar-refractivity contribution is -0.374. The molecule has 280 valence electrons. The van der Waals surface area contributed by atoms with Gasteiger partial charge in [0.1, 0.15) is 97.7 Å². The zero-order valence-electron chi connectivity index (χ0n) is 25.4. The predicted octanol–water partition coefficient (Wildman–Crippen LogP) is -8.54. The lowest BCUT2D eigenvalue weighted by atomic mass is 9.97. The molecule has 21 nitrogen and oxygen atoms in total. The van der Waals surface area contributed by atoms with Gasteiger partial charge in [0.15, 0.2) is 25.2 Å². The highest BCUT2D eigenvalue weighted by molar-refractivity contribution is 4.95. The van der Waals surface area contributed by atoms with Crippen molar-refractivity contribution in [1.29, 1.82) is 0 Å². The first-order chi connectivity index (χ1) is 22.7. The Morgan fingerprint density at radius 1 is 0.438 bits per heavy atom. The summed E-state index contributed by atoms with van der Waals surface area (Å²) in [5.41, 5.74) is 0. The Morgan fingerprint density at radius 3 is 1.29 bits per heavy atom. The molecule has 20 atom stereocenters. The van der Waals surface area contributed by atoms with Crippen molar-refractivity contribution >= 4 is 0 Å². The van der Waals surface area contributed by atoms with Gasteiger partial charge in [-0.05, 0) is 0 Å². The molecule has 0 amide bonds. The largest absolute Gasteiger partial charge is 0.394 e. The van der Waals surface area contributed by atoms with Crippen LogP contribution in [0.15, 0.2) is 12.7 Å². The van der Waals surface area contributed by atoms with Crippen LogP contribution in [0.2, 0.25) is 0 Å². The van der Waals surface area contributed by atoms with Crippen LogP contribution in [0.5, 0.6) is 0 Å². The molecule has 0 unspecified atom stereocenters. The molecule has 4 saturated heterocycles. The summed E-state index contributed by atoms with van der Waals surface area (Å²) in [5.74, 6) is 0. The van der Waals surface area contributed by atoms with Crippen LogP contribution in [-0.2, 0) is 37.9 Å². The van der Waals surface area contributed by atoms with E-state index in [0.29, 0.717) is 0 Å². The maximum atomic E-state index is 10.8. The van der Waals surface area contributed by atoms with E-state index >= 15 is 0 Å². The van der Waals surface area contributed by atoms with Crippen molar-refractivity contribution in [2.24, 2.45) is 0 Å². The number of aliphatic hydroxyl groups excluding tert-OH is 13. The van der Waals surface area contributed by atoms with E-state index in [1.165, 1.54) is 6.08 Å². The molecule has 0 aromatic rings. The average Bonchev–Trinajstić information content (AvgIpc) is 3.08. The summed E-state index contributed by atoms with van der Waals surface area (Å²) in [7, 11) is 0. The second-order valence-electron chi connectivity index (χ2n) is 11.8. The Balaban J connectivity index is 1.43.